The van der Waals surface area contributed by atoms with E-state index >= 15 is 0 Å². The predicted octanol–water partition coefficient (Wildman–Crippen LogP) is 4.06. The summed E-state index contributed by atoms with van der Waals surface area (Å²) in [5.41, 5.74) is 0. The van der Waals surface area contributed by atoms with Gasteiger partial charge in [0.05, 0.1) is 0 Å². The fraction of sp³-hybridized carbons (Fsp3) is 0.900. The van der Waals surface area contributed by atoms with Crippen molar-refractivity contribution in [2.45, 2.75) is 61.8 Å². The Labute approximate surface area is 73.2 Å². The van der Waals surface area contributed by atoms with Crippen LogP contribution in [0.15, 0.2) is 0 Å². The lowest BCUT2D eigenvalue weighted by Gasteiger charge is -1.56. The smallest absolute Gasteiger partial charge is 0.126 e. The van der Waals surface area contributed by atoms with Gasteiger partial charge in [-0.25, -0.2) is 0 Å². The highest BCUT2D eigenvalue weighted by Crippen LogP contribution is 1.56. The maximum Gasteiger partial charge on any atom is 0.126 e. The summed E-state index contributed by atoms with van der Waals surface area (Å²) in [7, 11) is 0. The summed E-state index contributed by atoms with van der Waals surface area (Å²) >= 11 is 0. The minimum absolute atomic E-state index is 0.167. The van der Waals surface area contributed by atoms with Gasteiger partial charge in [-0.3, -0.25) is 0 Å². The lowest BCUT2D eigenvalue weighted by molar-refractivity contribution is -0.114. The van der Waals surface area contributed by atoms with Crippen LogP contribution in [0.25, 0.3) is 0 Å². The molecule has 1 heteroatoms. The molecule has 0 fully saturated rings. The number of carbonyl (C=O) groups excluding carboxylic acids is 1. The minimum Gasteiger partial charge on any atom is -0.300 e. The quantitative estimate of drug-likeness (QED) is 0.525. The Morgan fingerprint density at radius 3 is 0.909 bits per heavy atom. The van der Waals surface area contributed by atoms with Crippen LogP contribution in [0, 0.1) is 0 Å². The van der Waals surface area contributed by atoms with Crippen molar-refractivity contribution in [3.05, 3.63) is 0 Å². The zero-order valence-electron chi connectivity index (χ0n) is 9.62. The third-order valence-electron chi connectivity index (χ3n) is 0. The molecule has 0 aromatic heterocycles. The molecule has 0 N–H and O–H groups in total. The van der Waals surface area contributed by atoms with Gasteiger partial charge in [-0.05, 0) is 13.8 Å². The molecular weight excluding hydrogens is 136 g/mol. The second kappa shape index (κ2) is 54.0. The molecule has 0 aliphatic carbocycles. The van der Waals surface area contributed by atoms with E-state index in [2.05, 4.69) is 13.8 Å². The van der Waals surface area contributed by atoms with E-state index in [0.29, 0.717) is 0 Å². The number of hydrogen-bond donors (Lipinski definition) is 0. The first-order valence-electron chi connectivity index (χ1n) is 4.62. The van der Waals surface area contributed by atoms with Gasteiger partial charge in [0.2, 0.25) is 0 Å². The zero-order chi connectivity index (χ0) is 10.3. The molecule has 0 saturated heterocycles. The van der Waals surface area contributed by atoms with Crippen LogP contribution in [0.2, 0.25) is 0 Å². The molecule has 0 saturated carbocycles. The maximum absolute atomic E-state index is 9.44. The number of Topliss-reactive ketones (excluding diaryl/α,β-unsaturated/α-hetero) is 1. The fourth-order valence-corrected chi connectivity index (χ4v) is 0. The van der Waals surface area contributed by atoms with Crippen molar-refractivity contribution in [2.24, 2.45) is 0 Å². The topological polar surface area (TPSA) is 17.1 Å². The third-order valence-corrected chi connectivity index (χ3v) is 0. The van der Waals surface area contributed by atoms with E-state index in [4.69, 9.17) is 0 Å². The SMILES string of the molecule is CC.CC.CC(C)=O.CCC. The average molecular weight is 162 g/mol. The van der Waals surface area contributed by atoms with Crippen molar-refractivity contribution in [3.8, 4) is 0 Å². The second-order valence-electron chi connectivity index (χ2n) is 1.62. The van der Waals surface area contributed by atoms with E-state index < -0.39 is 0 Å². The van der Waals surface area contributed by atoms with Gasteiger partial charge in [0.25, 0.3) is 0 Å². The van der Waals surface area contributed by atoms with E-state index in [-0.39, 0.29) is 5.78 Å². The van der Waals surface area contributed by atoms with E-state index in [9.17, 15) is 4.79 Å². The number of ketones is 1. The molecule has 0 bridgehead atoms. The molecule has 0 aromatic carbocycles. The Bertz CT molecular complexity index is 36.1. The molecule has 0 amide bonds. The zero-order valence-corrected chi connectivity index (χ0v) is 9.62. The first-order valence-corrected chi connectivity index (χ1v) is 4.62. The first kappa shape index (κ1) is 22.4. The van der Waals surface area contributed by atoms with Crippen LogP contribution in [0.3, 0.4) is 0 Å². The van der Waals surface area contributed by atoms with E-state index in [0.717, 1.165) is 0 Å². The average Bonchev–Trinajstić information content (AvgIpc) is 1.96. The molecular formula is C10H26O. The molecule has 0 rings (SSSR count). The van der Waals surface area contributed by atoms with Crippen LogP contribution >= 0.6 is 0 Å². The molecule has 0 unspecified atom stereocenters. The van der Waals surface area contributed by atoms with E-state index in [1.165, 1.54) is 20.3 Å². The van der Waals surface area contributed by atoms with Gasteiger partial charge in [-0.1, -0.05) is 48.0 Å². The fourth-order valence-electron chi connectivity index (χ4n) is 0. The van der Waals surface area contributed by atoms with Gasteiger partial charge in [0, 0.05) is 0 Å². The largest absolute Gasteiger partial charge is 0.300 e. The Morgan fingerprint density at radius 2 is 0.909 bits per heavy atom. The Hall–Kier alpha value is -0.330. The van der Waals surface area contributed by atoms with Crippen molar-refractivity contribution >= 4 is 5.78 Å². The molecule has 11 heavy (non-hydrogen) atoms. The second-order valence-corrected chi connectivity index (χ2v) is 1.62. The first-order chi connectivity index (χ1) is 5.15. The summed E-state index contributed by atoms with van der Waals surface area (Å²) < 4.78 is 0. The normalized spacial score (nSPS) is 5.09. The van der Waals surface area contributed by atoms with Gasteiger partial charge in [0.1, 0.15) is 5.78 Å². The Morgan fingerprint density at radius 1 is 0.909 bits per heavy atom. The van der Waals surface area contributed by atoms with Gasteiger partial charge in [-0.15, -0.1) is 0 Å². The molecule has 0 aliphatic rings. The molecule has 72 valence electrons. The maximum atomic E-state index is 9.44. The molecule has 0 aromatic rings. The Balaban J connectivity index is -0.0000000315. The summed E-state index contributed by atoms with van der Waals surface area (Å²) in [5.74, 6) is 0.167. The summed E-state index contributed by atoms with van der Waals surface area (Å²) in [5, 5.41) is 0. The third kappa shape index (κ3) is 5220. The van der Waals surface area contributed by atoms with E-state index in [1.807, 2.05) is 27.7 Å². The van der Waals surface area contributed by atoms with Crippen LogP contribution in [0.5, 0.6) is 0 Å². The van der Waals surface area contributed by atoms with E-state index in [1.54, 1.807) is 0 Å². The highest BCUT2D eigenvalue weighted by Gasteiger charge is 1.62. The standard InChI is InChI=1S/C3H6O.C3H8.2C2H6/c1-3(2)4;1-3-2;2*1-2/h1-2H3;3H2,1-2H3;2*1-2H3. The molecule has 0 atom stereocenters. The van der Waals surface area contributed by atoms with Crippen LogP contribution in [-0.2, 0) is 4.79 Å². The van der Waals surface area contributed by atoms with Crippen LogP contribution in [0.1, 0.15) is 61.8 Å². The molecule has 0 aliphatic heterocycles. The summed E-state index contributed by atoms with van der Waals surface area (Å²) in [6, 6.07) is 0. The molecule has 1 nitrogen and oxygen atoms in total. The predicted molar refractivity (Wildman–Crippen MR) is 55.0 cm³/mol. The van der Waals surface area contributed by atoms with Gasteiger partial charge in [0.15, 0.2) is 0 Å². The van der Waals surface area contributed by atoms with Crippen LogP contribution in [0.4, 0.5) is 0 Å². The lowest BCUT2D eigenvalue weighted by atomic mass is 10.6. The lowest BCUT2D eigenvalue weighted by Crippen LogP contribution is -1.69. The molecule has 0 spiro atoms. The summed E-state index contributed by atoms with van der Waals surface area (Å²) in [6.07, 6.45) is 1.25. The molecule has 0 heterocycles. The molecule has 0 radical (unpaired) electrons. The number of carbonyl (C=O) groups is 1. The van der Waals surface area contributed by atoms with Crippen molar-refractivity contribution in [3.63, 3.8) is 0 Å². The van der Waals surface area contributed by atoms with Crippen molar-refractivity contribution in [2.75, 3.05) is 0 Å². The summed E-state index contributed by atoms with van der Waals surface area (Å²) in [6.45, 7) is 15.3. The highest BCUT2D eigenvalue weighted by atomic mass is 16.1. The van der Waals surface area contributed by atoms with Gasteiger partial charge < -0.3 is 4.79 Å². The minimum atomic E-state index is 0.167. The van der Waals surface area contributed by atoms with Crippen LogP contribution < -0.4 is 0 Å². The summed E-state index contributed by atoms with van der Waals surface area (Å²) in [4.78, 5) is 9.44. The Kier molecular flexibility index (Phi) is 110. The van der Waals surface area contributed by atoms with Gasteiger partial charge >= 0.3 is 0 Å². The number of hydrogen-bond acceptors (Lipinski definition) is 1. The monoisotopic (exact) mass is 162 g/mol. The van der Waals surface area contributed by atoms with Crippen LogP contribution in [-0.4, -0.2) is 5.78 Å². The number of rotatable bonds is 0. The van der Waals surface area contributed by atoms with Crippen molar-refractivity contribution in [1.29, 1.82) is 0 Å². The van der Waals surface area contributed by atoms with Crippen molar-refractivity contribution < 1.29 is 4.79 Å². The highest BCUT2D eigenvalue weighted by molar-refractivity contribution is 5.72. The van der Waals surface area contributed by atoms with Gasteiger partial charge in [-0.2, -0.15) is 0 Å². The van der Waals surface area contributed by atoms with Crippen molar-refractivity contribution in [1.82, 2.24) is 0 Å².